The van der Waals surface area contributed by atoms with Gasteiger partial charge in [-0.1, -0.05) is 37.3 Å². The quantitative estimate of drug-likeness (QED) is 0.574. The van der Waals surface area contributed by atoms with Gasteiger partial charge in [-0.2, -0.15) is 0 Å². The summed E-state index contributed by atoms with van der Waals surface area (Å²) in [4.78, 5) is 37.0. The van der Waals surface area contributed by atoms with Crippen molar-refractivity contribution in [2.75, 3.05) is 17.2 Å². The molecule has 1 aromatic heterocycles. The molecule has 3 N–H and O–H groups in total. The Balaban J connectivity index is 1.62. The first kappa shape index (κ1) is 19.9. The third-order valence-electron chi connectivity index (χ3n) is 4.25. The fourth-order valence-corrected chi connectivity index (χ4v) is 2.78. The summed E-state index contributed by atoms with van der Waals surface area (Å²) in [5.41, 5.74) is 2.30. The van der Waals surface area contributed by atoms with Crippen LogP contribution in [0.2, 0.25) is 0 Å². The van der Waals surface area contributed by atoms with E-state index in [0.717, 1.165) is 17.7 Å². The molecule has 3 aromatic rings. The molecule has 0 atom stereocenters. The maximum Gasteiger partial charge on any atom is 0.291 e. The van der Waals surface area contributed by atoms with Crippen LogP contribution in [0.25, 0.3) is 0 Å². The van der Waals surface area contributed by atoms with E-state index in [-0.39, 0.29) is 23.8 Å². The van der Waals surface area contributed by atoms with Crippen LogP contribution in [0.15, 0.2) is 71.3 Å². The summed E-state index contributed by atoms with van der Waals surface area (Å²) >= 11 is 0. The van der Waals surface area contributed by atoms with Crippen molar-refractivity contribution in [2.45, 2.75) is 13.3 Å². The van der Waals surface area contributed by atoms with Gasteiger partial charge in [-0.3, -0.25) is 14.4 Å². The largest absolute Gasteiger partial charge is 0.459 e. The molecule has 3 rings (SSSR count). The monoisotopic (exact) mass is 391 g/mol. The van der Waals surface area contributed by atoms with Crippen LogP contribution in [0, 0.1) is 0 Å². The summed E-state index contributed by atoms with van der Waals surface area (Å²) in [6.45, 7) is 1.80. The Morgan fingerprint density at radius 3 is 2.28 bits per heavy atom. The van der Waals surface area contributed by atoms with Crippen LogP contribution in [-0.4, -0.2) is 24.3 Å². The topological polar surface area (TPSA) is 100 Å². The van der Waals surface area contributed by atoms with Gasteiger partial charge in [0, 0.05) is 5.69 Å². The Kier molecular flexibility index (Phi) is 6.42. The van der Waals surface area contributed by atoms with Gasteiger partial charge < -0.3 is 20.4 Å². The standard InChI is InChI=1S/C22H21N3O4/c1-2-15-8-3-5-10-17(15)24-20(26)14-23-21(27)16-9-4-6-11-18(16)25-22(28)19-12-7-13-29-19/h3-13H,2,14H2,1H3,(H,23,27)(H,24,26)(H,25,28). The molecule has 0 bridgehead atoms. The lowest BCUT2D eigenvalue weighted by molar-refractivity contribution is -0.115. The third kappa shape index (κ3) is 5.10. The Hall–Kier alpha value is -3.87. The minimum Gasteiger partial charge on any atom is -0.459 e. The van der Waals surface area contributed by atoms with E-state index in [2.05, 4.69) is 16.0 Å². The van der Waals surface area contributed by atoms with Gasteiger partial charge in [0.1, 0.15) is 0 Å². The maximum atomic E-state index is 12.5. The highest BCUT2D eigenvalue weighted by atomic mass is 16.3. The second-order valence-electron chi connectivity index (χ2n) is 6.22. The van der Waals surface area contributed by atoms with Crippen molar-refractivity contribution in [1.82, 2.24) is 5.32 Å². The summed E-state index contributed by atoms with van der Waals surface area (Å²) < 4.78 is 5.06. The van der Waals surface area contributed by atoms with E-state index in [1.54, 1.807) is 30.3 Å². The van der Waals surface area contributed by atoms with Crippen molar-refractivity contribution in [1.29, 1.82) is 0 Å². The average molecular weight is 391 g/mol. The summed E-state index contributed by atoms with van der Waals surface area (Å²) in [5.74, 6) is -1.14. The molecule has 0 aliphatic carbocycles. The van der Waals surface area contributed by atoms with E-state index in [1.165, 1.54) is 12.3 Å². The Morgan fingerprint density at radius 1 is 0.828 bits per heavy atom. The lowest BCUT2D eigenvalue weighted by Crippen LogP contribution is -2.33. The second-order valence-corrected chi connectivity index (χ2v) is 6.22. The summed E-state index contributed by atoms with van der Waals surface area (Å²) in [5, 5.41) is 8.02. The summed E-state index contributed by atoms with van der Waals surface area (Å²) in [6, 6.07) is 17.2. The number of para-hydroxylation sites is 2. The molecule has 7 nitrogen and oxygen atoms in total. The molecule has 0 aliphatic heterocycles. The van der Waals surface area contributed by atoms with Crippen molar-refractivity contribution in [3.8, 4) is 0 Å². The molecule has 0 unspecified atom stereocenters. The second kappa shape index (κ2) is 9.36. The number of hydrogen-bond donors (Lipinski definition) is 3. The van der Waals surface area contributed by atoms with E-state index in [1.807, 2.05) is 31.2 Å². The van der Waals surface area contributed by atoms with Gasteiger partial charge >= 0.3 is 0 Å². The lowest BCUT2D eigenvalue weighted by Gasteiger charge is -2.12. The number of amides is 3. The van der Waals surface area contributed by atoms with Crippen LogP contribution < -0.4 is 16.0 Å². The number of carbonyl (C=O) groups is 3. The molecule has 2 aromatic carbocycles. The number of carbonyl (C=O) groups excluding carboxylic acids is 3. The molecular formula is C22H21N3O4. The number of hydrogen-bond acceptors (Lipinski definition) is 4. The molecule has 0 fully saturated rings. The van der Waals surface area contributed by atoms with Gasteiger partial charge in [0.15, 0.2) is 5.76 Å². The van der Waals surface area contributed by atoms with Gasteiger partial charge in [-0.25, -0.2) is 0 Å². The van der Waals surface area contributed by atoms with Crippen LogP contribution in [0.5, 0.6) is 0 Å². The number of aryl methyl sites for hydroxylation is 1. The smallest absolute Gasteiger partial charge is 0.291 e. The van der Waals surface area contributed by atoms with Crippen molar-refractivity contribution >= 4 is 29.1 Å². The third-order valence-corrected chi connectivity index (χ3v) is 4.25. The van der Waals surface area contributed by atoms with Crippen LogP contribution in [0.3, 0.4) is 0 Å². The molecule has 0 saturated heterocycles. The number of nitrogens with one attached hydrogen (secondary N) is 3. The highest BCUT2D eigenvalue weighted by Gasteiger charge is 2.16. The SMILES string of the molecule is CCc1ccccc1NC(=O)CNC(=O)c1ccccc1NC(=O)c1ccco1. The zero-order valence-electron chi connectivity index (χ0n) is 15.9. The van der Waals surface area contributed by atoms with Gasteiger partial charge in [0.25, 0.3) is 11.8 Å². The molecule has 148 valence electrons. The number of anilines is 2. The van der Waals surface area contributed by atoms with Gasteiger partial charge in [0.2, 0.25) is 5.91 Å². The van der Waals surface area contributed by atoms with Gasteiger partial charge in [-0.05, 0) is 42.3 Å². The minimum absolute atomic E-state index is 0.133. The minimum atomic E-state index is -0.473. The van der Waals surface area contributed by atoms with Crippen LogP contribution in [-0.2, 0) is 11.2 Å². The molecule has 1 heterocycles. The van der Waals surface area contributed by atoms with Gasteiger partial charge in [0.05, 0.1) is 24.1 Å². The van der Waals surface area contributed by atoms with E-state index in [0.29, 0.717) is 5.69 Å². The van der Waals surface area contributed by atoms with Crippen molar-refractivity contribution in [2.24, 2.45) is 0 Å². The summed E-state index contributed by atoms with van der Waals surface area (Å²) in [6.07, 6.45) is 2.17. The summed E-state index contributed by atoms with van der Waals surface area (Å²) in [7, 11) is 0. The van der Waals surface area contributed by atoms with Gasteiger partial charge in [-0.15, -0.1) is 0 Å². The molecule has 0 spiro atoms. The number of benzene rings is 2. The zero-order valence-corrected chi connectivity index (χ0v) is 15.9. The first-order chi connectivity index (χ1) is 14.1. The highest BCUT2D eigenvalue weighted by Crippen LogP contribution is 2.17. The first-order valence-electron chi connectivity index (χ1n) is 9.18. The van der Waals surface area contributed by atoms with E-state index in [4.69, 9.17) is 4.42 Å². The predicted octanol–water partition coefficient (Wildman–Crippen LogP) is 3.46. The van der Waals surface area contributed by atoms with E-state index >= 15 is 0 Å². The predicted molar refractivity (Wildman–Crippen MR) is 110 cm³/mol. The van der Waals surface area contributed by atoms with Crippen molar-refractivity contribution < 1.29 is 18.8 Å². The van der Waals surface area contributed by atoms with Crippen LogP contribution in [0.4, 0.5) is 11.4 Å². The fourth-order valence-electron chi connectivity index (χ4n) is 2.78. The highest BCUT2D eigenvalue weighted by molar-refractivity contribution is 6.08. The molecule has 0 radical (unpaired) electrons. The first-order valence-corrected chi connectivity index (χ1v) is 9.18. The van der Waals surface area contributed by atoms with Crippen molar-refractivity contribution in [3.05, 3.63) is 83.8 Å². The Morgan fingerprint density at radius 2 is 1.55 bits per heavy atom. The van der Waals surface area contributed by atoms with E-state index < -0.39 is 11.8 Å². The lowest BCUT2D eigenvalue weighted by atomic mass is 10.1. The van der Waals surface area contributed by atoms with Crippen LogP contribution >= 0.6 is 0 Å². The molecule has 0 aliphatic rings. The van der Waals surface area contributed by atoms with Crippen molar-refractivity contribution in [3.63, 3.8) is 0 Å². The number of rotatable bonds is 7. The molecule has 29 heavy (non-hydrogen) atoms. The van der Waals surface area contributed by atoms with E-state index in [9.17, 15) is 14.4 Å². The zero-order chi connectivity index (χ0) is 20.6. The number of furan rings is 1. The van der Waals surface area contributed by atoms with Crippen LogP contribution in [0.1, 0.15) is 33.4 Å². The fraction of sp³-hybridized carbons (Fsp3) is 0.136. The Bertz CT molecular complexity index is 1010. The normalized spacial score (nSPS) is 10.2. The maximum absolute atomic E-state index is 12.5. The molecule has 3 amide bonds. The molecular weight excluding hydrogens is 370 g/mol. The Labute approximate surface area is 168 Å². The molecule has 0 saturated carbocycles. The average Bonchev–Trinajstić information content (AvgIpc) is 3.28. The molecule has 7 heteroatoms.